The third kappa shape index (κ3) is 4.36. The zero-order valence-electron chi connectivity index (χ0n) is 12.8. The molecule has 1 atom stereocenters. The fraction of sp³-hybridized carbons (Fsp3) is 0.615. The van der Waals surface area contributed by atoms with Crippen molar-refractivity contribution in [2.45, 2.75) is 19.0 Å². The molecule has 0 spiro atoms. The monoisotopic (exact) mass is 333 g/mol. The van der Waals surface area contributed by atoms with Gasteiger partial charge in [0.05, 0.1) is 5.69 Å². The molecular weight excluding hydrogens is 315 g/mol. The normalized spacial score (nSPS) is 18.4. The van der Waals surface area contributed by atoms with E-state index in [1.54, 1.807) is 11.9 Å². The molecule has 1 aromatic rings. The number of hydrogen-bond acceptors (Lipinski definition) is 3. The van der Waals surface area contributed by atoms with Crippen LogP contribution >= 0.6 is 0 Å². The summed E-state index contributed by atoms with van der Waals surface area (Å²) in [6.45, 7) is 0.905. The van der Waals surface area contributed by atoms with Crippen LogP contribution in [-0.2, 0) is 18.0 Å². The second kappa shape index (κ2) is 6.47. The molecule has 2 heterocycles. The van der Waals surface area contributed by atoms with E-state index in [2.05, 4.69) is 15.7 Å². The number of aryl methyl sites for hydroxylation is 1. The summed E-state index contributed by atoms with van der Waals surface area (Å²) in [6, 6.07) is -0.735. The highest BCUT2D eigenvalue weighted by Crippen LogP contribution is 2.33. The van der Waals surface area contributed by atoms with E-state index in [1.165, 1.54) is 7.05 Å². The molecule has 0 aromatic carbocycles. The molecule has 128 valence electrons. The first-order valence-electron chi connectivity index (χ1n) is 7.06. The number of nitrogens with zero attached hydrogens (tertiary/aromatic N) is 3. The van der Waals surface area contributed by atoms with Gasteiger partial charge in [0.2, 0.25) is 5.91 Å². The zero-order valence-corrected chi connectivity index (χ0v) is 12.8. The third-order valence-corrected chi connectivity index (χ3v) is 3.60. The number of urea groups is 1. The van der Waals surface area contributed by atoms with Crippen LogP contribution in [0.5, 0.6) is 0 Å². The number of rotatable bonds is 4. The fourth-order valence-corrected chi connectivity index (χ4v) is 2.50. The third-order valence-electron chi connectivity index (χ3n) is 3.60. The Morgan fingerprint density at radius 1 is 1.43 bits per heavy atom. The van der Waals surface area contributed by atoms with Crippen LogP contribution in [0.1, 0.15) is 18.5 Å². The minimum atomic E-state index is -4.64. The van der Waals surface area contributed by atoms with Crippen LogP contribution in [0.4, 0.5) is 23.7 Å². The van der Waals surface area contributed by atoms with E-state index in [9.17, 15) is 22.8 Å². The topological polar surface area (TPSA) is 79.3 Å². The number of carbonyl (C=O) groups excluding carboxylic acids is 2. The first kappa shape index (κ1) is 17.1. The summed E-state index contributed by atoms with van der Waals surface area (Å²) in [4.78, 5) is 24.7. The molecule has 1 fully saturated rings. The summed E-state index contributed by atoms with van der Waals surface area (Å²) in [7, 11) is 3.05. The number of anilines is 1. The molecule has 1 aromatic heterocycles. The van der Waals surface area contributed by atoms with Crippen molar-refractivity contribution in [1.29, 1.82) is 0 Å². The van der Waals surface area contributed by atoms with Gasteiger partial charge in [0.15, 0.2) is 5.69 Å². The lowest BCUT2D eigenvalue weighted by Crippen LogP contribution is -2.31. The van der Waals surface area contributed by atoms with Gasteiger partial charge in [-0.1, -0.05) is 0 Å². The molecule has 0 bridgehead atoms. The first-order chi connectivity index (χ1) is 10.7. The van der Waals surface area contributed by atoms with Crippen LogP contribution in [0.3, 0.4) is 0 Å². The molecule has 0 radical (unpaired) electrons. The van der Waals surface area contributed by atoms with Crippen molar-refractivity contribution in [1.82, 2.24) is 20.0 Å². The molecule has 2 rings (SSSR count). The molecule has 3 amide bonds. The van der Waals surface area contributed by atoms with Gasteiger partial charge in [-0.25, -0.2) is 4.79 Å². The zero-order chi connectivity index (χ0) is 17.2. The van der Waals surface area contributed by atoms with Crippen molar-refractivity contribution in [3.8, 4) is 0 Å². The maximum Gasteiger partial charge on any atom is 0.437 e. The number of alkyl halides is 3. The van der Waals surface area contributed by atoms with Crippen LogP contribution in [0, 0.1) is 5.92 Å². The fourth-order valence-electron chi connectivity index (χ4n) is 2.50. The molecule has 0 aliphatic carbocycles. The number of likely N-dealkylation sites (tertiary alicyclic amines) is 1. The summed E-state index contributed by atoms with van der Waals surface area (Å²) < 4.78 is 39.3. The highest BCUT2D eigenvalue weighted by molar-refractivity contribution is 5.89. The molecule has 0 saturated carbocycles. The van der Waals surface area contributed by atoms with E-state index in [0.717, 1.165) is 10.9 Å². The Morgan fingerprint density at radius 2 is 2.13 bits per heavy atom. The molecule has 1 saturated heterocycles. The molecule has 23 heavy (non-hydrogen) atoms. The van der Waals surface area contributed by atoms with Crippen LogP contribution in [0.2, 0.25) is 0 Å². The number of aromatic nitrogens is 2. The average Bonchev–Trinajstić information content (AvgIpc) is 2.93. The molecular formula is C13H18F3N5O2. The lowest BCUT2D eigenvalue weighted by Gasteiger charge is -2.12. The van der Waals surface area contributed by atoms with Crippen molar-refractivity contribution in [3.63, 3.8) is 0 Å². The van der Waals surface area contributed by atoms with Crippen LogP contribution in [0.25, 0.3) is 0 Å². The van der Waals surface area contributed by atoms with E-state index in [0.29, 0.717) is 19.4 Å². The van der Waals surface area contributed by atoms with Crippen molar-refractivity contribution in [2.75, 3.05) is 25.5 Å². The van der Waals surface area contributed by atoms with Crippen LogP contribution in [-0.4, -0.2) is 46.8 Å². The van der Waals surface area contributed by atoms with Crippen molar-refractivity contribution in [3.05, 3.63) is 11.9 Å². The minimum absolute atomic E-state index is 0.0598. The molecule has 1 unspecified atom stereocenters. The lowest BCUT2D eigenvalue weighted by atomic mass is 10.1. The van der Waals surface area contributed by atoms with Gasteiger partial charge in [0.1, 0.15) is 0 Å². The SMILES string of the molecule is CN1CC(CCNC(=O)Nc2cn(C)nc2C(F)(F)F)CC1=O. The molecule has 1 aliphatic rings. The molecule has 1 aliphatic heterocycles. The summed E-state index contributed by atoms with van der Waals surface area (Å²) in [5.41, 5.74) is -1.54. The van der Waals surface area contributed by atoms with Crippen molar-refractivity contribution >= 4 is 17.6 Å². The van der Waals surface area contributed by atoms with Crippen LogP contribution in [0.15, 0.2) is 6.20 Å². The highest BCUT2D eigenvalue weighted by Gasteiger charge is 2.37. The standard InChI is InChI=1S/C13H18F3N5O2/c1-20-6-8(5-10(20)22)3-4-17-12(23)18-9-7-21(2)19-11(9)13(14,15)16/h7-8H,3-6H2,1-2H3,(H2,17,18,23). The predicted octanol–water partition coefficient (Wildman–Crippen LogP) is 1.43. The van der Waals surface area contributed by atoms with Gasteiger partial charge >= 0.3 is 12.2 Å². The Labute approximate surface area is 130 Å². The predicted molar refractivity (Wildman–Crippen MR) is 75.6 cm³/mol. The van der Waals surface area contributed by atoms with E-state index in [1.807, 2.05) is 0 Å². The second-order valence-corrected chi connectivity index (χ2v) is 5.58. The maximum absolute atomic E-state index is 12.8. The van der Waals surface area contributed by atoms with Gasteiger partial charge in [0, 0.05) is 39.8 Å². The smallest absolute Gasteiger partial charge is 0.345 e. The minimum Gasteiger partial charge on any atom is -0.345 e. The van der Waals surface area contributed by atoms with Crippen LogP contribution < -0.4 is 10.6 Å². The summed E-state index contributed by atoms with van der Waals surface area (Å²) in [6.07, 6.45) is -2.53. The van der Waals surface area contributed by atoms with Gasteiger partial charge in [-0.2, -0.15) is 18.3 Å². The number of halogens is 3. The Bertz CT molecular complexity index is 599. The molecule has 10 heteroatoms. The van der Waals surface area contributed by atoms with Gasteiger partial charge < -0.3 is 15.5 Å². The number of hydrogen-bond donors (Lipinski definition) is 2. The Morgan fingerprint density at radius 3 is 2.70 bits per heavy atom. The van der Waals surface area contributed by atoms with E-state index in [4.69, 9.17) is 0 Å². The second-order valence-electron chi connectivity index (χ2n) is 5.58. The Hall–Kier alpha value is -2.26. The van der Waals surface area contributed by atoms with Crippen molar-refractivity contribution in [2.24, 2.45) is 13.0 Å². The number of carbonyl (C=O) groups is 2. The number of nitrogens with one attached hydrogen (secondary N) is 2. The van der Waals surface area contributed by atoms with Gasteiger partial charge in [-0.15, -0.1) is 0 Å². The van der Waals surface area contributed by atoms with E-state index >= 15 is 0 Å². The van der Waals surface area contributed by atoms with E-state index < -0.39 is 23.6 Å². The lowest BCUT2D eigenvalue weighted by molar-refractivity contribution is -0.140. The molecule has 7 nitrogen and oxygen atoms in total. The maximum atomic E-state index is 12.8. The largest absolute Gasteiger partial charge is 0.437 e. The average molecular weight is 333 g/mol. The summed E-state index contributed by atoms with van der Waals surface area (Å²) in [5.74, 6) is 0.210. The highest BCUT2D eigenvalue weighted by atomic mass is 19.4. The summed E-state index contributed by atoms with van der Waals surface area (Å²) >= 11 is 0. The first-order valence-corrected chi connectivity index (χ1v) is 7.06. The van der Waals surface area contributed by atoms with Gasteiger partial charge in [0.25, 0.3) is 0 Å². The Balaban J connectivity index is 1.83. The van der Waals surface area contributed by atoms with Gasteiger partial charge in [-0.3, -0.25) is 9.48 Å². The summed E-state index contributed by atoms with van der Waals surface area (Å²) in [5, 5.41) is 7.94. The number of amides is 3. The van der Waals surface area contributed by atoms with E-state index in [-0.39, 0.29) is 18.4 Å². The Kier molecular flexibility index (Phi) is 4.81. The molecule has 2 N–H and O–H groups in total. The quantitative estimate of drug-likeness (QED) is 0.875. The van der Waals surface area contributed by atoms with Crippen molar-refractivity contribution < 1.29 is 22.8 Å². The van der Waals surface area contributed by atoms with Gasteiger partial charge in [-0.05, 0) is 12.3 Å².